The summed E-state index contributed by atoms with van der Waals surface area (Å²) in [6.45, 7) is 2.18. The fraction of sp³-hybridized carbons (Fsp3) is 0.529. The van der Waals surface area contributed by atoms with Crippen molar-refractivity contribution in [3.63, 3.8) is 0 Å². The van der Waals surface area contributed by atoms with E-state index in [9.17, 15) is 18.0 Å². The van der Waals surface area contributed by atoms with Crippen LogP contribution in [0.3, 0.4) is 0 Å². The molecule has 0 aromatic heterocycles. The number of benzene rings is 1. The van der Waals surface area contributed by atoms with Crippen LogP contribution in [0.2, 0.25) is 0 Å². The minimum atomic E-state index is -4.47. The van der Waals surface area contributed by atoms with Gasteiger partial charge >= 0.3 is 6.18 Å². The number of likely N-dealkylation sites (tertiary alicyclic amines) is 1. The molecule has 2 rings (SSSR count). The van der Waals surface area contributed by atoms with E-state index < -0.39 is 12.8 Å². The summed E-state index contributed by atoms with van der Waals surface area (Å²) in [5.74, 6) is 0.303. The van der Waals surface area contributed by atoms with Gasteiger partial charge in [-0.05, 0) is 37.0 Å². The standard InChI is InChI=1S/C17H20F3N3O2/c1-12-3-2-6-23(10-12)16(24)9-22-14-4-5-15(13(7-14)8-21)25-11-17(18,19)20/h4-5,7,12,22H,2-3,6,9-11H2,1H3/t12-/m1/s1. The first-order chi connectivity index (χ1) is 11.8. The first kappa shape index (κ1) is 18.9. The molecule has 1 saturated heterocycles. The van der Waals surface area contributed by atoms with E-state index >= 15 is 0 Å². The lowest BCUT2D eigenvalue weighted by molar-refractivity contribution is -0.153. The molecule has 8 heteroatoms. The Morgan fingerprint density at radius 3 is 2.88 bits per heavy atom. The number of nitrogens with one attached hydrogen (secondary N) is 1. The van der Waals surface area contributed by atoms with Gasteiger partial charge in [-0.25, -0.2) is 0 Å². The van der Waals surface area contributed by atoms with Crippen LogP contribution >= 0.6 is 0 Å². The SMILES string of the molecule is C[C@@H]1CCCN(C(=O)CNc2ccc(OCC(F)(F)F)c(C#N)c2)C1. The second-order valence-corrected chi connectivity index (χ2v) is 6.17. The number of amides is 1. The third kappa shape index (κ3) is 5.85. The third-order valence-corrected chi connectivity index (χ3v) is 3.94. The number of nitriles is 1. The van der Waals surface area contributed by atoms with Crippen LogP contribution < -0.4 is 10.1 Å². The number of nitrogens with zero attached hydrogens (tertiary/aromatic N) is 2. The van der Waals surface area contributed by atoms with Gasteiger partial charge in [0.05, 0.1) is 12.1 Å². The van der Waals surface area contributed by atoms with E-state index in [1.165, 1.54) is 18.2 Å². The highest BCUT2D eigenvalue weighted by atomic mass is 19.4. The molecule has 25 heavy (non-hydrogen) atoms. The Morgan fingerprint density at radius 1 is 1.48 bits per heavy atom. The quantitative estimate of drug-likeness (QED) is 0.881. The molecule has 1 amide bonds. The molecule has 1 heterocycles. The number of carbonyl (C=O) groups is 1. The van der Waals surface area contributed by atoms with Gasteiger partial charge in [0, 0.05) is 18.8 Å². The zero-order valence-electron chi connectivity index (χ0n) is 13.9. The van der Waals surface area contributed by atoms with Crippen molar-refractivity contribution in [1.82, 2.24) is 4.90 Å². The number of piperidine rings is 1. The predicted molar refractivity (Wildman–Crippen MR) is 86.2 cm³/mol. The van der Waals surface area contributed by atoms with Crippen LogP contribution in [0.1, 0.15) is 25.3 Å². The molecule has 1 aliphatic rings. The van der Waals surface area contributed by atoms with Crippen LogP contribution in [0.5, 0.6) is 5.75 Å². The van der Waals surface area contributed by atoms with Crippen LogP contribution in [0, 0.1) is 17.2 Å². The van der Waals surface area contributed by atoms with Gasteiger partial charge in [-0.2, -0.15) is 18.4 Å². The molecule has 0 spiro atoms. The van der Waals surface area contributed by atoms with E-state index in [1.54, 1.807) is 11.0 Å². The lowest BCUT2D eigenvalue weighted by atomic mass is 10.0. The Balaban J connectivity index is 1.94. The highest BCUT2D eigenvalue weighted by molar-refractivity contribution is 5.81. The van der Waals surface area contributed by atoms with Gasteiger partial charge in [-0.3, -0.25) is 4.79 Å². The van der Waals surface area contributed by atoms with E-state index in [0.717, 1.165) is 25.9 Å². The summed E-state index contributed by atoms with van der Waals surface area (Å²) in [5, 5.41) is 12.0. The summed E-state index contributed by atoms with van der Waals surface area (Å²) >= 11 is 0. The number of halogens is 3. The van der Waals surface area contributed by atoms with Crippen LogP contribution in [-0.4, -0.2) is 43.2 Å². The first-order valence-corrected chi connectivity index (χ1v) is 8.04. The van der Waals surface area contributed by atoms with Crippen molar-refractivity contribution in [2.75, 3.05) is 31.6 Å². The van der Waals surface area contributed by atoms with E-state index in [4.69, 9.17) is 5.26 Å². The summed E-state index contributed by atoms with van der Waals surface area (Å²) in [5.41, 5.74) is 0.461. The average molecular weight is 355 g/mol. The van der Waals surface area contributed by atoms with Gasteiger partial charge in [0.25, 0.3) is 0 Å². The van der Waals surface area contributed by atoms with Crippen molar-refractivity contribution in [3.05, 3.63) is 23.8 Å². The minimum absolute atomic E-state index is 0.0201. The van der Waals surface area contributed by atoms with Crippen molar-refractivity contribution in [2.24, 2.45) is 5.92 Å². The van der Waals surface area contributed by atoms with E-state index in [1.807, 2.05) is 0 Å². The average Bonchev–Trinajstić information content (AvgIpc) is 2.57. The number of hydrogen-bond donors (Lipinski definition) is 1. The maximum absolute atomic E-state index is 12.2. The molecule has 136 valence electrons. The molecule has 0 radical (unpaired) electrons. The molecule has 1 fully saturated rings. The van der Waals surface area contributed by atoms with Gasteiger partial charge in [-0.15, -0.1) is 0 Å². The maximum atomic E-state index is 12.2. The Labute approximate surface area is 144 Å². The van der Waals surface area contributed by atoms with Crippen LogP contribution in [0.25, 0.3) is 0 Å². The van der Waals surface area contributed by atoms with E-state index in [-0.39, 0.29) is 23.8 Å². The summed E-state index contributed by atoms with van der Waals surface area (Å²) in [4.78, 5) is 14.0. The molecule has 0 saturated carbocycles. The topological polar surface area (TPSA) is 65.4 Å². The highest BCUT2D eigenvalue weighted by Crippen LogP contribution is 2.25. The number of alkyl halides is 3. The first-order valence-electron chi connectivity index (χ1n) is 8.04. The van der Waals surface area contributed by atoms with Crippen molar-refractivity contribution >= 4 is 11.6 Å². The molecule has 1 aromatic rings. The van der Waals surface area contributed by atoms with Crippen molar-refractivity contribution in [2.45, 2.75) is 25.9 Å². The molecule has 5 nitrogen and oxygen atoms in total. The smallest absolute Gasteiger partial charge is 0.422 e. The monoisotopic (exact) mass is 355 g/mol. The Bertz CT molecular complexity index is 656. The van der Waals surface area contributed by atoms with Crippen LogP contribution in [0.15, 0.2) is 18.2 Å². The van der Waals surface area contributed by atoms with E-state index in [0.29, 0.717) is 11.6 Å². The molecule has 1 N–H and O–H groups in total. The Morgan fingerprint density at radius 2 is 2.24 bits per heavy atom. The summed E-state index contributed by atoms with van der Waals surface area (Å²) in [6, 6.07) is 5.95. The zero-order chi connectivity index (χ0) is 18.4. The minimum Gasteiger partial charge on any atom is -0.483 e. The largest absolute Gasteiger partial charge is 0.483 e. The van der Waals surface area contributed by atoms with Crippen LogP contribution in [0.4, 0.5) is 18.9 Å². The third-order valence-electron chi connectivity index (χ3n) is 3.94. The number of ether oxygens (including phenoxy) is 1. The van der Waals surface area contributed by atoms with Gasteiger partial charge in [0.15, 0.2) is 6.61 Å². The molecular weight excluding hydrogens is 335 g/mol. The number of carbonyl (C=O) groups excluding carboxylic acids is 1. The second-order valence-electron chi connectivity index (χ2n) is 6.17. The van der Waals surface area contributed by atoms with Gasteiger partial charge < -0.3 is 15.0 Å². The molecule has 1 aliphatic heterocycles. The van der Waals surface area contributed by atoms with Crippen LogP contribution in [-0.2, 0) is 4.79 Å². The second kappa shape index (κ2) is 8.10. The normalized spacial score (nSPS) is 17.7. The predicted octanol–water partition coefficient (Wildman–Crippen LogP) is 3.17. The molecule has 1 aromatic carbocycles. The van der Waals surface area contributed by atoms with Gasteiger partial charge in [-0.1, -0.05) is 6.92 Å². The molecule has 0 bridgehead atoms. The summed E-state index contributed by atoms with van der Waals surface area (Å²) in [6.07, 6.45) is -2.37. The molecule has 1 atom stereocenters. The highest BCUT2D eigenvalue weighted by Gasteiger charge is 2.29. The molecule has 0 unspecified atom stereocenters. The Hall–Kier alpha value is -2.43. The maximum Gasteiger partial charge on any atom is 0.422 e. The number of hydrogen-bond acceptors (Lipinski definition) is 4. The summed E-state index contributed by atoms with van der Waals surface area (Å²) in [7, 11) is 0. The lowest BCUT2D eigenvalue weighted by Crippen LogP contribution is -2.41. The fourth-order valence-electron chi connectivity index (χ4n) is 2.72. The number of anilines is 1. The van der Waals surface area contributed by atoms with Crippen molar-refractivity contribution < 1.29 is 22.7 Å². The summed E-state index contributed by atoms with van der Waals surface area (Å²) < 4.78 is 41.3. The number of rotatable bonds is 5. The lowest BCUT2D eigenvalue weighted by Gasteiger charge is -2.31. The van der Waals surface area contributed by atoms with Crippen molar-refractivity contribution in [3.8, 4) is 11.8 Å². The molecule has 0 aliphatic carbocycles. The van der Waals surface area contributed by atoms with Gasteiger partial charge in [0.1, 0.15) is 11.8 Å². The van der Waals surface area contributed by atoms with E-state index in [2.05, 4.69) is 17.0 Å². The Kier molecular flexibility index (Phi) is 6.12. The van der Waals surface area contributed by atoms with Gasteiger partial charge in [0.2, 0.25) is 5.91 Å². The fourth-order valence-corrected chi connectivity index (χ4v) is 2.72. The molecular formula is C17H20F3N3O2. The zero-order valence-corrected chi connectivity index (χ0v) is 13.9. The van der Waals surface area contributed by atoms with Crippen molar-refractivity contribution in [1.29, 1.82) is 5.26 Å².